The fourth-order valence-electron chi connectivity index (χ4n) is 3.71. The topological polar surface area (TPSA) is 96.5 Å². The van der Waals surface area contributed by atoms with E-state index in [9.17, 15) is 9.59 Å². The largest absolute Gasteiger partial charge is 0.453 e. The van der Waals surface area contributed by atoms with Gasteiger partial charge in [-0.05, 0) is 38.5 Å². The highest BCUT2D eigenvalue weighted by Crippen LogP contribution is 2.32. The number of likely N-dealkylation sites (tertiary alicyclic amines) is 1. The Kier molecular flexibility index (Phi) is 5.57. The number of aromatic amines is 1. The average Bonchev–Trinajstić information content (AvgIpc) is 3.28. The Bertz CT molecular complexity index is 612. The van der Waals surface area contributed by atoms with Crippen LogP contribution in [0.4, 0.5) is 4.79 Å². The Morgan fingerprint density at radius 3 is 2.80 bits per heavy atom. The summed E-state index contributed by atoms with van der Waals surface area (Å²) in [5.74, 6) is 0.806. The first-order valence-corrected chi connectivity index (χ1v) is 8.84. The summed E-state index contributed by atoms with van der Waals surface area (Å²) in [7, 11) is 1.31. The highest BCUT2D eigenvalue weighted by Gasteiger charge is 2.39. The van der Waals surface area contributed by atoms with E-state index in [2.05, 4.69) is 15.3 Å². The number of alkyl carbamates (subject to hydrolysis) is 1. The molecule has 2 saturated heterocycles. The van der Waals surface area contributed by atoms with Gasteiger partial charge in [-0.1, -0.05) is 0 Å². The molecule has 25 heavy (non-hydrogen) atoms. The second-order valence-corrected chi connectivity index (χ2v) is 6.70. The molecule has 2 aliphatic heterocycles. The van der Waals surface area contributed by atoms with Gasteiger partial charge in [0.25, 0.3) is 0 Å². The monoisotopic (exact) mass is 350 g/mol. The highest BCUT2D eigenvalue weighted by atomic mass is 16.5. The van der Waals surface area contributed by atoms with Crippen LogP contribution in [0, 0.1) is 12.8 Å². The third-order valence-corrected chi connectivity index (χ3v) is 5.04. The number of carbonyl (C=O) groups excluding carboxylic acids is 2. The number of carbonyl (C=O) groups is 2. The molecule has 1 aromatic rings. The van der Waals surface area contributed by atoms with Gasteiger partial charge >= 0.3 is 6.09 Å². The number of nitrogens with zero attached hydrogens (tertiary/aromatic N) is 2. The van der Waals surface area contributed by atoms with Crippen molar-refractivity contribution in [3.05, 3.63) is 17.7 Å². The predicted molar refractivity (Wildman–Crippen MR) is 89.9 cm³/mol. The summed E-state index contributed by atoms with van der Waals surface area (Å²) in [5, 5.41) is 2.75. The summed E-state index contributed by atoms with van der Waals surface area (Å²) < 4.78 is 10.1. The maximum atomic E-state index is 13.3. The van der Waals surface area contributed by atoms with Crippen molar-refractivity contribution >= 4 is 12.0 Å². The Balaban J connectivity index is 1.78. The third kappa shape index (κ3) is 3.95. The lowest BCUT2D eigenvalue weighted by Crippen LogP contribution is -2.53. The minimum atomic E-state index is -0.590. The first-order valence-electron chi connectivity index (χ1n) is 8.84. The van der Waals surface area contributed by atoms with Gasteiger partial charge in [-0.2, -0.15) is 0 Å². The molecule has 3 rings (SSSR count). The molecule has 0 spiro atoms. The van der Waals surface area contributed by atoms with E-state index in [1.165, 1.54) is 7.11 Å². The molecule has 0 bridgehead atoms. The fraction of sp³-hybridized carbons (Fsp3) is 0.706. The van der Waals surface area contributed by atoms with Gasteiger partial charge in [0.15, 0.2) is 0 Å². The van der Waals surface area contributed by atoms with Crippen LogP contribution >= 0.6 is 0 Å². The Morgan fingerprint density at radius 1 is 1.40 bits per heavy atom. The van der Waals surface area contributed by atoms with Gasteiger partial charge in [-0.15, -0.1) is 0 Å². The first-order chi connectivity index (χ1) is 12.1. The molecule has 2 fully saturated rings. The number of hydrogen-bond donors (Lipinski definition) is 2. The number of hydrogen-bond acceptors (Lipinski definition) is 5. The number of methoxy groups -OCH3 is 1. The molecular weight excluding hydrogens is 324 g/mol. The lowest BCUT2D eigenvalue weighted by atomic mass is 9.90. The molecule has 0 radical (unpaired) electrons. The lowest BCUT2D eigenvalue weighted by Gasteiger charge is -2.34. The van der Waals surface area contributed by atoms with E-state index in [-0.39, 0.29) is 17.9 Å². The molecule has 2 N–H and O–H groups in total. The zero-order valence-corrected chi connectivity index (χ0v) is 14.8. The van der Waals surface area contributed by atoms with Crippen LogP contribution < -0.4 is 5.32 Å². The summed E-state index contributed by atoms with van der Waals surface area (Å²) >= 11 is 0. The van der Waals surface area contributed by atoms with Gasteiger partial charge in [0.2, 0.25) is 5.91 Å². The van der Waals surface area contributed by atoms with Gasteiger partial charge in [-0.3, -0.25) is 4.79 Å². The molecule has 0 aliphatic carbocycles. The van der Waals surface area contributed by atoms with E-state index < -0.39 is 12.1 Å². The van der Waals surface area contributed by atoms with Crippen LogP contribution in [0.2, 0.25) is 0 Å². The smallest absolute Gasteiger partial charge is 0.407 e. The number of H-pyrrole nitrogens is 1. The summed E-state index contributed by atoms with van der Waals surface area (Å²) in [6, 6.07) is -0.656. The van der Waals surface area contributed by atoms with E-state index in [0.29, 0.717) is 19.8 Å². The van der Waals surface area contributed by atoms with E-state index in [0.717, 1.165) is 37.2 Å². The summed E-state index contributed by atoms with van der Waals surface area (Å²) in [6.07, 6.45) is 4.50. The minimum absolute atomic E-state index is 0.0555. The number of imidazole rings is 1. The van der Waals surface area contributed by atoms with Crippen LogP contribution in [0.5, 0.6) is 0 Å². The van der Waals surface area contributed by atoms with Crippen molar-refractivity contribution < 1.29 is 19.1 Å². The van der Waals surface area contributed by atoms with Crippen LogP contribution in [0.25, 0.3) is 0 Å². The Morgan fingerprint density at radius 2 is 2.16 bits per heavy atom. The van der Waals surface area contributed by atoms with Crippen molar-refractivity contribution in [2.24, 2.45) is 5.92 Å². The number of ether oxygens (including phenoxy) is 2. The maximum Gasteiger partial charge on any atom is 0.407 e. The molecule has 0 unspecified atom stereocenters. The van der Waals surface area contributed by atoms with Gasteiger partial charge in [0.05, 0.1) is 13.2 Å². The predicted octanol–water partition coefficient (Wildman–Crippen LogP) is 1.53. The van der Waals surface area contributed by atoms with E-state index in [1.54, 1.807) is 6.20 Å². The van der Waals surface area contributed by atoms with Crippen molar-refractivity contribution in [2.45, 2.75) is 44.7 Å². The van der Waals surface area contributed by atoms with Gasteiger partial charge in [0, 0.05) is 31.6 Å². The maximum absolute atomic E-state index is 13.3. The molecule has 8 nitrogen and oxygen atoms in total. The van der Waals surface area contributed by atoms with Gasteiger partial charge < -0.3 is 24.7 Å². The van der Waals surface area contributed by atoms with Crippen LogP contribution in [-0.4, -0.2) is 59.8 Å². The van der Waals surface area contributed by atoms with E-state index in [4.69, 9.17) is 9.47 Å². The minimum Gasteiger partial charge on any atom is -0.453 e. The highest BCUT2D eigenvalue weighted by molar-refractivity contribution is 5.86. The van der Waals surface area contributed by atoms with E-state index in [1.807, 2.05) is 11.8 Å². The molecule has 3 heterocycles. The lowest BCUT2D eigenvalue weighted by molar-refractivity contribution is -0.136. The van der Waals surface area contributed by atoms with Crippen molar-refractivity contribution in [3.63, 3.8) is 0 Å². The zero-order valence-electron chi connectivity index (χ0n) is 14.8. The van der Waals surface area contributed by atoms with E-state index >= 15 is 0 Å². The number of amides is 2. The molecule has 2 aliphatic rings. The Hall–Kier alpha value is -2.09. The SMILES string of the molecule is COC(=O)N[C@H](C(=O)N1CCC[C@H]1c1ncc(C)[nH]1)C1CCOCC1. The number of aryl methyl sites for hydroxylation is 1. The standard InChI is InChI=1S/C17H26N4O4/c1-11-10-18-15(19-11)13-4-3-7-21(13)16(22)14(20-17(23)24-2)12-5-8-25-9-6-12/h10,12-14H,3-9H2,1-2H3,(H,18,19)(H,20,23)/t13-,14-/m0/s1. The molecule has 0 aromatic carbocycles. The fourth-order valence-corrected chi connectivity index (χ4v) is 3.71. The summed E-state index contributed by atoms with van der Waals surface area (Å²) in [4.78, 5) is 34.5. The second-order valence-electron chi connectivity index (χ2n) is 6.70. The third-order valence-electron chi connectivity index (χ3n) is 5.04. The average molecular weight is 350 g/mol. The molecule has 2 amide bonds. The first kappa shape index (κ1) is 17.7. The molecule has 0 saturated carbocycles. The van der Waals surface area contributed by atoms with Gasteiger partial charge in [0.1, 0.15) is 11.9 Å². The molecule has 8 heteroatoms. The summed E-state index contributed by atoms with van der Waals surface area (Å²) in [6.45, 7) is 3.84. The number of nitrogens with one attached hydrogen (secondary N) is 2. The molecular formula is C17H26N4O4. The zero-order chi connectivity index (χ0) is 17.8. The van der Waals surface area contributed by atoms with Crippen molar-refractivity contribution in [1.29, 1.82) is 0 Å². The van der Waals surface area contributed by atoms with Crippen LogP contribution in [-0.2, 0) is 14.3 Å². The van der Waals surface area contributed by atoms with Crippen molar-refractivity contribution in [3.8, 4) is 0 Å². The Labute approximate surface area is 147 Å². The summed E-state index contributed by atoms with van der Waals surface area (Å²) in [5.41, 5.74) is 0.975. The van der Waals surface area contributed by atoms with Crippen molar-refractivity contribution in [2.75, 3.05) is 26.9 Å². The molecule has 2 atom stereocenters. The normalized spacial score (nSPS) is 22.6. The second kappa shape index (κ2) is 7.86. The van der Waals surface area contributed by atoms with Crippen LogP contribution in [0.15, 0.2) is 6.20 Å². The van der Waals surface area contributed by atoms with Crippen LogP contribution in [0.3, 0.4) is 0 Å². The van der Waals surface area contributed by atoms with Gasteiger partial charge in [-0.25, -0.2) is 9.78 Å². The van der Waals surface area contributed by atoms with Crippen molar-refractivity contribution in [1.82, 2.24) is 20.2 Å². The molecule has 1 aromatic heterocycles. The molecule has 138 valence electrons. The quantitative estimate of drug-likeness (QED) is 0.858. The van der Waals surface area contributed by atoms with Crippen LogP contribution in [0.1, 0.15) is 43.2 Å². The number of rotatable bonds is 4. The number of aromatic nitrogens is 2.